The summed E-state index contributed by atoms with van der Waals surface area (Å²) in [7, 11) is 0. The van der Waals surface area contributed by atoms with E-state index >= 15 is 0 Å². The molecule has 7 saturated heterocycles. The smallest absolute Gasteiger partial charge is 0.217 e. The maximum Gasteiger partial charge on any atom is 0.217 e. The third-order valence-corrected chi connectivity index (χ3v) is 19.7. The minimum atomic E-state index is -2.32. The molecule has 0 unspecified atom stereocenters. The van der Waals surface area contributed by atoms with E-state index in [1.807, 2.05) is 0 Å². The molecule has 7 aliphatic heterocycles. The molecule has 37 atom stereocenters. The molecule has 0 aromatic heterocycles. The Labute approximate surface area is 605 Å². The van der Waals surface area contributed by atoms with Crippen molar-refractivity contribution in [3.8, 4) is 0 Å². The van der Waals surface area contributed by atoms with E-state index in [1.54, 1.807) is 6.08 Å². The maximum absolute atomic E-state index is 13.3. The highest BCUT2D eigenvalue weighted by Gasteiger charge is 2.60. The Morgan fingerprint density at radius 2 is 0.781 bits per heavy atom. The van der Waals surface area contributed by atoms with E-state index in [1.165, 1.54) is 57.9 Å². The molecule has 0 spiro atoms. The normalized spacial score (nSPS) is 43.3. The molecular weight excluding hydrogens is 1410 g/mol. The molecule has 7 rings (SSSR count). The number of ether oxygens (including phenoxy) is 14. The lowest BCUT2D eigenvalue weighted by Crippen LogP contribution is -2.71. The van der Waals surface area contributed by atoms with Gasteiger partial charge in [0.15, 0.2) is 44.0 Å². The Morgan fingerprint density at radius 1 is 0.390 bits per heavy atom. The van der Waals surface area contributed by atoms with Crippen molar-refractivity contribution in [3.63, 3.8) is 0 Å². The topological polar surface area (TPSA) is 621 Å². The van der Waals surface area contributed by atoms with Crippen molar-refractivity contribution in [1.82, 2.24) is 16.0 Å². The number of unbranched alkanes of at least 4 members (excludes halogenated alkanes) is 11. The average Bonchev–Trinajstić information content (AvgIpc) is 0.762. The molecule has 40 heteroatoms. The fraction of sp³-hybridized carbons (Fsp3) is 0.923. The average molecular weight is 1530 g/mol. The van der Waals surface area contributed by atoms with Crippen LogP contribution in [0.5, 0.6) is 0 Å². The summed E-state index contributed by atoms with van der Waals surface area (Å²) in [4.78, 5) is 37.2. The minimum absolute atomic E-state index is 0.327. The first-order valence-corrected chi connectivity index (χ1v) is 35.8. The molecule has 0 radical (unpaired) electrons. The van der Waals surface area contributed by atoms with Crippen molar-refractivity contribution in [2.75, 3.05) is 46.2 Å². The highest BCUT2D eigenvalue weighted by Crippen LogP contribution is 2.40. The number of hydrogen-bond acceptors (Lipinski definition) is 37. The molecule has 0 aromatic carbocycles. The lowest BCUT2D eigenvalue weighted by molar-refractivity contribution is -0.407. The van der Waals surface area contributed by atoms with Gasteiger partial charge in [-0.2, -0.15) is 0 Å². The Hall–Kier alpha value is -3.21. The van der Waals surface area contributed by atoms with Gasteiger partial charge in [-0.25, -0.2) is 0 Å². The number of nitrogens with one attached hydrogen (secondary N) is 3. The number of rotatable bonds is 39. The summed E-state index contributed by atoms with van der Waals surface area (Å²) in [5.41, 5.74) is 0. The summed E-state index contributed by atoms with van der Waals surface area (Å²) in [5, 5.41) is 230. The van der Waals surface area contributed by atoms with E-state index in [2.05, 4.69) is 22.9 Å². The summed E-state index contributed by atoms with van der Waals surface area (Å²) in [6.07, 6.45) is -50.0. The van der Waals surface area contributed by atoms with Gasteiger partial charge in [0.25, 0.3) is 0 Å². The molecule has 7 aliphatic rings. The molecule has 0 bridgehead atoms. The number of allylic oxidation sites excluding steroid dienone is 1. The van der Waals surface area contributed by atoms with Gasteiger partial charge in [-0.3, -0.25) is 14.4 Å². The predicted octanol–water partition coefficient (Wildman–Crippen LogP) is -10.2. The van der Waals surface area contributed by atoms with Crippen molar-refractivity contribution in [1.29, 1.82) is 0 Å². The summed E-state index contributed by atoms with van der Waals surface area (Å²) in [6, 6.07) is -4.68. The fourth-order valence-electron chi connectivity index (χ4n) is 13.7. The van der Waals surface area contributed by atoms with Gasteiger partial charge in [0, 0.05) is 13.8 Å². The van der Waals surface area contributed by atoms with Gasteiger partial charge in [-0.1, -0.05) is 83.3 Å². The molecule has 40 nitrogen and oxygen atoms in total. The number of carbonyl (C=O) groups is 3. The summed E-state index contributed by atoms with van der Waals surface area (Å²) in [5.74, 6) is -1.74. The van der Waals surface area contributed by atoms with Gasteiger partial charge < -0.3 is 184 Å². The van der Waals surface area contributed by atoms with Gasteiger partial charge in [-0.05, 0) is 19.8 Å². The first-order chi connectivity index (χ1) is 50.1. The monoisotopic (exact) mass is 1530 g/mol. The molecule has 0 aromatic rings. The van der Waals surface area contributed by atoms with E-state index in [0.717, 1.165) is 39.5 Å². The minimum Gasteiger partial charge on any atom is -0.394 e. The second-order valence-electron chi connectivity index (χ2n) is 27.5. The highest BCUT2D eigenvalue weighted by molar-refractivity contribution is 5.73. The standard InChI is InChI=1S/C65H113N3O37/c1-5-6-7-8-9-10-11-12-13-14-15-16-17-18-31(78)30(66-26-75)25-92-61-50(89)47(86)54(36(23-73)98-61)101-63-51(90)48(87)53(37(24-74)99-63)100-60-39(68-29(4)77)55(42(81)33(20-70)95-60)102-65-58(105-62-49(88)46(85)40(79)27(2)93-62)57(44(83)35(22-72)97-65)104-64-52(91)56(43(82)34(21-71)96-64)103-59-38(67-28(3)76)45(84)41(80)32(19-69)94-59/h17-18,26-27,30-65,69-74,78-91H,5-16,19-25H2,1-4H3,(H,66,75)(H,67,76)(H,68,77)/b18-17+/t27-,30-,31+,32+,33+,34+,35+,36+,37+,38+,39+,40+,41-,42-,43-,44-,45+,46+,47+,48+,49-,50+,51+,52+,53-,54+,55+,56-,57-,58+,59-,60-,61+,62-,63-,64+,65-/m0/s1. The summed E-state index contributed by atoms with van der Waals surface area (Å²) >= 11 is 0. The van der Waals surface area contributed by atoms with E-state index in [0.29, 0.717) is 12.8 Å². The number of hydrogen-bond donors (Lipinski definition) is 23. The third kappa shape index (κ3) is 22.8. The first-order valence-electron chi connectivity index (χ1n) is 35.8. The maximum atomic E-state index is 13.3. The number of aliphatic hydroxyl groups is 20. The Balaban J connectivity index is 1.08. The van der Waals surface area contributed by atoms with Crippen molar-refractivity contribution < 1.29 is 183 Å². The van der Waals surface area contributed by atoms with Gasteiger partial charge >= 0.3 is 0 Å². The van der Waals surface area contributed by atoms with E-state index in [9.17, 15) is 117 Å². The first kappa shape index (κ1) is 89.0. The van der Waals surface area contributed by atoms with Gasteiger partial charge in [0.1, 0.15) is 165 Å². The molecule has 7 fully saturated rings. The lowest BCUT2D eigenvalue weighted by Gasteiger charge is -2.52. The van der Waals surface area contributed by atoms with Gasteiger partial charge in [0.2, 0.25) is 18.2 Å². The van der Waals surface area contributed by atoms with E-state index in [-0.39, 0.29) is 0 Å². The highest BCUT2D eigenvalue weighted by atomic mass is 16.8. The molecule has 3 amide bonds. The summed E-state index contributed by atoms with van der Waals surface area (Å²) in [6.45, 7) is -1.39. The van der Waals surface area contributed by atoms with Crippen LogP contribution in [-0.2, 0) is 80.7 Å². The van der Waals surface area contributed by atoms with Crippen LogP contribution in [0, 0.1) is 0 Å². The zero-order valence-corrected chi connectivity index (χ0v) is 58.9. The summed E-state index contributed by atoms with van der Waals surface area (Å²) < 4.78 is 83.3. The van der Waals surface area contributed by atoms with Crippen LogP contribution in [0.1, 0.15) is 105 Å². The Kier molecular flexibility index (Phi) is 36.4. The fourth-order valence-corrected chi connectivity index (χ4v) is 13.7. The van der Waals surface area contributed by atoms with E-state index in [4.69, 9.17) is 66.3 Å². The molecule has 610 valence electrons. The van der Waals surface area contributed by atoms with Gasteiger partial charge in [-0.15, -0.1) is 0 Å². The molecular formula is C65H113N3O37. The molecule has 7 heterocycles. The zero-order valence-electron chi connectivity index (χ0n) is 58.9. The number of carbonyl (C=O) groups excluding carboxylic acids is 3. The van der Waals surface area contributed by atoms with Crippen LogP contribution >= 0.6 is 0 Å². The van der Waals surface area contributed by atoms with Crippen LogP contribution in [0.25, 0.3) is 0 Å². The van der Waals surface area contributed by atoms with Crippen LogP contribution in [-0.4, -0.2) is 394 Å². The zero-order chi connectivity index (χ0) is 77.1. The Morgan fingerprint density at radius 3 is 1.32 bits per heavy atom. The SMILES string of the molecule is CCCCCCCCCCCCC/C=C/[C@@H](O)[C@H](CO[C@@H]1O[C@H](CO)[C@@H](O[C@@H]2O[C@H](CO)[C@H](O[C@@H]3O[C@H](CO)[C@H](O)[C@H](O[C@@H]4O[C@H](CO)[C@H](O)[C@H](O[C@H]5O[C@H](CO)[C@H](O)[C@H](O[C@@H]6O[C@H](CO)[C@H](O)[C@H](O)[C@H]6NC(C)=O)[C@H]5O)[C@H]4O[C@@H]4O[C@@H](C)[C@@H](O)[C@@H](O)[C@@H]4O)[C@H]3NC(C)=O)[C@H](O)[C@H]2O)[C@H](O)[C@H]1O)NC=O. The number of amides is 3. The quantitative estimate of drug-likeness (QED) is 0.0154. The predicted molar refractivity (Wildman–Crippen MR) is 347 cm³/mol. The van der Waals surface area contributed by atoms with Gasteiger partial charge in [0.05, 0.1) is 64.5 Å². The third-order valence-electron chi connectivity index (χ3n) is 19.7. The molecule has 105 heavy (non-hydrogen) atoms. The van der Waals surface area contributed by atoms with Crippen molar-refractivity contribution in [2.24, 2.45) is 0 Å². The molecule has 23 N–H and O–H groups in total. The van der Waals surface area contributed by atoms with Crippen LogP contribution < -0.4 is 16.0 Å². The van der Waals surface area contributed by atoms with Crippen LogP contribution in [0.2, 0.25) is 0 Å². The van der Waals surface area contributed by atoms with E-state index < -0.39 is 285 Å². The van der Waals surface area contributed by atoms with Crippen LogP contribution in [0.4, 0.5) is 0 Å². The van der Waals surface area contributed by atoms with Crippen LogP contribution in [0.3, 0.4) is 0 Å². The molecule has 0 saturated carbocycles. The van der Waals surface area contributed by atoms with Crippen molar-refractivity contribution in [2.45, 2.75) is 332 Å². The van der Waals surface area contributed by atoms with Crippen LogP contribution in [0.15, 0.2) is 12.2 Å². The van der Waals surface area contributed by atoms with Crippen molar-refractivity contribution >= 4 is 18.2 Å². The second-order valence-corrected chi connectivity index (χ2v) is 27.5. The molecule has 0 aliphatic carbocycles. The number of aliphatic hydroxyl groups excluding tert-OH is 20. The lowest BCUT2D eigenvalue weighted by atomic mass is 9.93. The largest absolute Gasteiger partial charge is 0.394 e. The Bertz CT molecular complexity index is 2560. The van der Waals surface area contributed by atoms with Crippen molar-refractivity contribution in [3.05, 3.63) is 12.2 Å². The second kappa shape index (κ2) is 43.0.